The molecule has 106 valence electrons. The fourth-order valence-corrected chi connectivity index (χ4v) is 1.87. The Morgan fingerprint density at radius 2 is 1.79 bits per heavy atom. The van der Waals surface area contributed by atoms with E-state index in [1.165, 1.54) is 0 Å². The van der Waals surface area contributed by atoms with Gasteiger partial charge in [-0.15, -0.1) is 0 Å². The Kier molecular flexibility index (Phi) is 5.40. The van der Waals surface area contributed by atoms with E-state index in [0.29, 0.717) is 5.92 Å². The van der Waals surface area contributed by atoms with E-state index in [2.05, 4.69) is 31.3 Å². The summed E-state index contributed by atoms with van der Waals surface area (Å²) in [6, 6.07) is 6.26. The lowest BCUT2D eigenvalue weighted by Gasteiger charge is -2.20. The average molecular weight is 263 g/mol. The second kappa shape index (κ2) is 6.60. The van der Waals surface area contributed by atoms with Crippen LogP contribution in [0, 0.1) is 6.92 Å². The van der Waals surface area contributed by atoms with Gasteiger partial charge in [0.15, 0.2) is 6.10 Å². The Labute approximate surface area is 116 Å². The number of ether oxygens (including phenoxy) is 1. The summed E-state index contributed by atoms with van der Waals surface area (Å²) in [6.45, 7) is 11.9. The molecule has 0 saturated heterocycles. The van der Waals surface area contributed by atoms with Crippen molar-refractivity contribution >= 4 is 5.91 Å². The lowest BCUT2D eigenvalue weighted by atomic mass is 10.0. The van der Waals surface area contributed by atoms with Gasteiger partial charge in [0.1, 0.15) is 5.75 Å². The third kappa shape index (κ3) is 4.58. The summed E-state index contributed by atoms with van der Waals surface area (Å²) in [6.07, 6.45) is -0.485. The summed E-state index contributed by atoms with van der Waals surface area (Å²) < 4.78 is 5.84. The molecule has 0 fully saturated rings. The zero-order valence-electron chi connectivity index (χ0n) is 12.8. The zero-order chi connectivity index (χ0) is 14.6. The summed E-state index contributed by atoms with van der Waals surface area (Å²) in [5.74, 6) is 1.10. The highest BCUT2D eigenvalue weighted by molar-refractivity contribution is 5.81. The van der Waals surface area contributed by atoms with E-state index < -0.39 is 6.10 Å². The van der Waals surface area contributed by atoms with E-state index in [9.17, 15) is 4.79 Å². The van der Waals surface area contributed by atoms with Crippen LogP contribution in [0.3, 0.4) is 0 Å². The number of nitrogens with one attached hydrogen (secondary N) is 1. The normalized spacial score (nSPS) is 12.6. The van der Waals surface area contributed by atoms with Gasteiger partial charge in [0, 0.05) is 6.04 Å². The van der Waals surface area contributed by atoms with Gasteiger partial charge in [0.05, 0.1) is 0 Å². The molecule has 0 radical (unpaired) electrons. The van der Waals surface area contributed by atoms with Crippen molar-refractivity contribution in [2.24, 2.45) is 0 Å². The van der Waals surface area contributed by atoms with Crippen LogP contribution in [0.1, 0.15) is 51.7 Å². The number of hydrogen-bond donors (Lipinski definition) is 1. The minimum Gasteiger partial charge on any atom is -0.481 e. The van der Waals surface area contributed by atoms with Gasteiger partial charge in [0.2, 0.25) is 0 Å². The van der Waals surface area contributed by atoms with Crippen LogP contribution in [0.5, 0.6) is 5.75 Å². The summed E-state index contributed by atoms with van der Waals surface area (Å²) in [5.41, 5.74) is 2.27. The molecule has 19 heavy (non-hydrogen) atoms. The van der Waals surface area contributed by atoms with E-state index in [1.54, 1.807) is 6.92 Å². The predicted molar refractivity (Wildman–Crippen MR) is 78.6 cm³/mol. The standard InChI is InChI=1S/C16H25NO2/c1-10(2)14-8-7-12(5)9-15(14)19-13(6)16(18)17-11(3)4/h7-11,13H,1-6H3,(H,17,18)/t13-/m0/s1. The molecule has 1 rings (SSSR count). The number of carbonyl (C=O) groups is 1. The first-order valence-corrected chi connectivity index (χ1v) is 6.88. The van der Waals surface area contributed by atoms with Crippen LogP contribution >= 0.6 is 0 Å². The number of aryl methyl sites for hydroxylation is 1. The summed E-state index contributed by atoms with van der Waals surface area (Å²) in [5, 5.41) is 2.86. The molecule has 0 spiro atoms. The molecule has 1 amide bonds. The van der Waals surface area contributed by atoms with Crippen molar-refractivity contribution in [2.75, 3.05) is 0 Å². The molecule has 0 saturated carbocycles. The molecule has 1 N–H and O–H groups in total. The van der Waals surface area contributed by atoms with Crippen molar-refractivity contribution in [1.82, 2.24) is 5.32 Å². The van der Waals surface area contributed by atoms with E-state index >= 15 is 0 Å². The molecule has 0 aliphatic heterocycles. The minimum absolute atomic E-state index is 0.0776. The maximum absolute atomic E-state index is 11.9. The molecule has 0 heterocycles. The van der Waals surface area contributed by atoms with Crippen LogP contribution < -0.4 is 10.1 Å². The number of carbonyl (C=O) groups excluding carboxylic acids is 1. The number of rotatable bonds is 5. The highest BCUT2D eigenvalue weighted by Gasteiger charge is 2.17. The second-order valence-corrected chi connectivity index (χ2v) is 5.62. The second-order valence-electron chi connectivity index (χ2n) is 5.62. The monoisotopic (exact) mass is 263 g/mol. The van der Waals surface area contributed by atoms with Gasteiger partial charge in [-0.25, -0.2) is 0 Å². The minimum atomic E-state index is -0.485. The van der Waals surface area contributed by atoms with Crippen LogP contribution in [0.4, 0.5) is 0 Å². The fraction of sp³-hybridized carbons (Fsp3) is 0.562. The van der Waals surface area contributed by atoms with Crippen LogP contribution in [0.15, 0.2) is 18.2 Å². The number of hydrogen-bond acceptors (Lipinski definition) is 2. The largest absolute Gasteiger partial charge is 0.481 e. The first-order valence-electron chi connectivity index (χ1n) is 6.88. The SMILES string of the molecule is Cc1ccc(C(C)C)c(O[C@@H](C)C(=O)NC(C)C)c1. The first kappa shape index (κ1) is 15.5. The summed E-state index contributed by atoms with van der Waals surface area (Å²) >= 11 is 0. The third-order valence-corrected chi connectivity index (χ3v) is 2.89. The quantitative estimate of drug-likeness (QED) is 0.884. The molecule has 0 aromatic heterocycles. The molecule has 1 atom stereocenters. The highest BCUT2D eigenvalue weighted by atomic mass is 16.5. The van der Waals surface area contributed by atoms with Crippen molar-refractivity contribution in [3.63, 3.8) is 0 Å². The smallest absolute Gasteiger partial charge is 0.260 e. The predicted octanol–water partition coefficient (Wildman–Crippen LogP) is 3.41. The Hall–Kier alpha value is -1.51. The summed E-state index contributed by atoms with van der Waals surface area (Å²) in [7, 11) is 0. The summed E-state index contributed by atoms with van der Waals surface area (Å²) in [4.78, 5) is 11.9. The van der Waals surface area contributed by atoms with E-state index in [1.807, 2.05) is 26.8 Å². The maximum Gasteiger partial charge on any atom is 0.260 e. The molecule has 1 aromatic carbocycles. The Morgan fingerprint density at radius 1 is 1.16 bits per heavy atom. The topological polar surface area (TPSA) is 38.3 Å². The van der Waals surface area contributed by atoms with Crippen LogP contribution in [0.2, 0.25) is 0 Å². The lowest BCUT2D eigenvalue weighted by molar-refractivity contribution is -0.127. The molecule has 0 unspecified atom stereocenters. The van der Waals surface area contributed by atoms with E-state index in [-0.39, 0.29) is 11.9 Å². The average Bonchev–Trinajstić information content (AvgIpc) is 2.27. The van der Waals surface area contributed by atoms with Gasteiger partial charge in [-0.3, -0.25) is 4.79 Å². The van der Waals surface area contributed by atoms with Crippen molar-refractivity contribution in [1.29, 1.82) is 0 Å². The van der Waals surface area contributed by atoms with Gasteiger partial charge in [-0.05, 0) is 50.8 Å². The Balaban J connectivity index is 2.86. The highest BCUT2D eigenvalue weighted by Crippen LogP contribution is 2.28. The molecule has 0 aliphatic carbocycles. The lowest BCUT2D eigenvalue weighted by Crippen LogP contribution is -2.40. The molecule has 0 bridgehead atoms. The van der Waals surface area contributed by atoms with Gasteiger partial charge >= 0.3 is 0 Å². The van der Waals surface area contributed by atoms with Crippen molar-refractivity contribution < 1.29 is 9.53 Å². The number of benzene rings is 1. The van der Waals surface area contributed by atoms with Crippen molar-refractivity contribution in [2.45, 2.75) is 59.6 Å². The van der Waals surface area contributed by atoms with Crippen molar-refractivity contribution in [3.05, 3.63) is 29.3 Å². The van der Waals surface area contributed by atoms with Crippen LogP contribution in [-0.2, 0) is 4.79 Å². The van der Waals surface area contributed by atoms with Crippen molar-refractivity contribution in [3.8, 4) is 5.75 Å². The molecular weight excluding hydrogens is 238 g/mol. The fourth-order valence-electron chi connectivity index (χ4n) is 1.87. The van der Waals surface area contributed by atoms with Gasteiger partial charge < -0.3 is 10.1 Å². The van der Waals surface area contributed by atoms with Gasteiger partial charge in [-0.2, -0.15) is 0 Å². The molecule has 3 nitrogen and oxygen atoms in total. The molecule has 0 aliphatic rings. The molecule has 3 heteroatoms. The van der Waals surface area contributed by atoms with Gasteiger partial charge in [0.25, 0.3) is 5.91 Å². The van der Waals surface area contributed by atoms with E-state index in [4.69, 9.17) is 4.74 Å². The third-order valence-electron chi connectivity index (χ3n) is 2.89. The van der Waals surface area contributed by atoms with E-state index in [0.717, 1.165) is 16.9 Å². The zero-order valence-corrected chi connectivity index (χ0v) is 12.8. The van der Waals surface area contributed by atoms with Crippen LogP contribution in [0.25, 0.3) is 0 Å². The molecular formula is C16H25NO2. The molecule has 1 aromatic rings. The van der Waals surface area contributed by atoms with Crippen LogP contribution in [-0.4, -0.2) is 18.1 Å². The van der Waals surface area contributed by atoms with Gasteiger partial charge in [-0.1, -0.05) is 26.0 Å². The first-order chi connectivity index (χ1) is 8.81. The number of amides is 1. The Bertz CT molecular complexity index is 438. The Morgan fingerprint density at radius 3 is 2.32 bits per heavy atom. The maximum atomic E-state index is 11.9.